The molecule has 0 fully saturated rings. The fourth-order valence-electron chi connectivity index (χ4n) is 2.60. The molecule has 0 N–H and O–H groups in total. The maximum atomic E-state index is 11.8. The normalized spacial score (nSPS) is 17.8. The average Bonchev–Trinajstić information content (AvgIpc) is 2.77. The molecule has 0 amide bonds. The van der Waals surface area contributed by atoms with E-state index >= 15 is 0 Å². The molecule has 1 aliphatic rings. The van der Waals surface area contributed by atoms with Gasteiger partial charge in [0.05, 0.1) is 0 Å². The first kappa shape index (κ1) is 14.6. The summed E-state index contributed by atoms with van der Waals surface area (Å²) < 4.78 is 27.8. The molecule has 0 spiro atoms. The molecule has 21 heavy (non-hydrogen) atoms. The van der Waals surface area contributed by atoms with Crippen molar-refractivity contribution in [3.05, 3.63) is 54.1 Å². The number of anilines is 1. The van der Waals surface area contributed by atoms with E-state index in [1.807, 2.05) is 12.1 Å². The van der Waals surface area contributed by atoms with Crippen molar-refractivity contribution in [1.29, 1.82) is 0 Å². The first-order valence-electron chi connectivity index (χ1n) is 6.80. The Hall–Kier alpha value is -1.29. The van der Waals surface area contributed by atoms with Crippen LogP contribution >= 0.6 is 0 Å². The molecule has 0 bridgehead atoms. The Morgan fingerprint density at radius 3 is 2.48 bits per heavy atom. The molecule has 0 aromatic heterocycles. The molecule has 1 heterocycles. The summed E-state index contributed by atoms with van der Waals surface area (Å²) in [5.74, 6) is 0.251. The van der Waals surface area contributed by atoms with Crippen molar-refractivity contribution in [2.75, 3.05) is 17.1 Å². The van der Waals surface area contributed by atoms with Crippen LogP contribution < -0.4 is 13.2 Å². The Kier molecular flexibility index (Phi) is 3.82. The van der Waals surface area contributed by atoms with Crippen LogP contribution in [0.3, 0.4) is 0 Å². The van der Waals surface area contributed by atoms with Crippen LogP contribution in [0.5, 0.6) is 0 Å². The summed E-state index contributed by atoms with van der Waals surface area (Å²) in [6, 6.07) is 16.6. The van der Waals surface area contributed by atoms with E-state index in [0.717, 1.165) is 11.3 Å². The number of nitrogens with zero attached hydrogens (tertiary/aromatic N) is 1. The van der Waals surface area contributed by atoms with Crippen LogP contribution in [0, 0.1) is 0 Å². The van der Waals surface area contributed by atoms with Gasteiger partial charge in [0, 0.05) is 0 Å². The molecule has 3 nitrogen and oxygen atoms in total. The standard InChI is InChI=1S/C16H17NO2SSe/c1-12-11-17(20(2,18)19)16-9-8-14(10-15(12)16)21-13-6-4-3-5-7-13/h3-10,12H,11H2,1-2H3. The third-order valence-corrected chi connectivity index (χ3v) is 6.86. The monoisotopic (exact) mass is 367 g/mol. The zero-order chi connectivity index (χ0) is 15.0. The first-order valence-corrected chi connectivity index (χ1v) is 10.4. The fraction of sp³-hybridized carbons (Fsp3) is 0.250. The molecule has 1 atom stereocenters. The first-order chi connectivity index (χ1) is 9.95. The Morgan fingerprint density at radius 1 is 1.10 bits per heavy atom. The molecule has 1 unspecified atom stereocenters. The van der Waals surface area contributed by atoms with Crippen molar-refractivity contribution in [1.82, 2.24) is 0 Å². The Balaban J connectivity index is 1.94. The average molecular weight is 366 g/mol. The molecular formula is C16H17NO2SSe. The van der Waals surface area contributed by atoms with Gasteiger partial charge in [-0.2, -0.15) is 0 Å². The van der Waals surface area contributed by atoms with Gasteiger partial charge in [-0.05, 0) is 0 Å². The Labute approximate surface area is 132 Å². The molecule has 2 aromatic rings. The molecule has 1 aliphatic heterocycles. The zero-order valence-corrected chi connectivity index (χ0v) is 14.5. The van der Waals surface area contributed by atoms with Crippen molar-refractivity contribution in [3.8, 4) is 0 Å². The van der Waals surface area contributed by atoms with Crippen LogP contribution in [0.2, 0.25) is 0 Å². The van der Waals surface area contributed by atoms with Gasteiger partial charge in [-0.3, -0.25) is 0 Å². The molecule has 0 saturated carbocycles. The van der Waals surface area contributed by atoms with Crippen LogP contribution in [0.4, 0.5) is 5.69 Å². The number of sulfonamides is 1. The molecule has 5 heteroatoms. The SMILES string of the molecule is CC1CN(S(C)(=O)=O)c2ccc([Se]c3ccccc3)cc21. The number of fused-ring (bicyclic) bond motifs is 1. The molecule has 110 valence electrons. The van der Waals surface area contributed by atoms with Crippen molar-refractivity contribution in [2.24, 2.45) is 0 Å². The Morgan fingerprint density at radius 2 is 1.81 bits per heavy atom. The van der Waals surface area contributed by atoms with E-state index in [1.54, 1.807) is 0 Å². The summed E-state index contributed by atoms with van der Waals surface area (Å²) in [7, 11) is -3.18. The second-order valence-electron chi connectivity index (χ2n) is 5.33. The fourth-order valence-corrected chi connectivity index (χ4v) is 5.48. The van der Waals surface area contributed by atoms with Gasteiger partial charge in [0.15, 0.2) is 0 Å². The summed E-state index contributed by atoms with van der Waals surface area (Å²) in [4.78, 5) is 0. The summed E-state index contributed by atoms with van der Waals surface area (Å²) in [5.41, 5.74) is 1.99. The van der Waals surface area contributed by atoms with E-state index < -0.39 is 10.0 Å². The van der Waals surface area contributed by atoms with Gasteiger partial charge >= 0.3 is 132 Å². The summed E-state index contributed by atoms with van der Waals surface area (Å²) in [6.07, 6.45) is 1.27. The molecule has 0 saturated heterocycles. The molecule has 3 rings (SSSR count). The second-order valence-corrected chi connectivity index (χ2v) is 9.64. The third-order valence-electron chi connectivity index (χ3n) is 3.62. The van der Waals surface area contributed by atoms with Crippen LogP contribution in [-0.2, 0) is 10.0 Å². The molecular weight excluding hydrogens is 349 g/mol. The Bertz CT molecular complexity index is 759. The van der Waals surface area contributed by atoms with Crippen molar-refractivity contribution in [2.45, 2.75) is 12.8 Å². The summed E-state index contributed by atoms with van der Waals surface area (Å²) in [5, 5.41) is 0. The van der Waals surface area contributed by atoms with Crippen LogP contribution in [0.15, 0.2) is 48.5 Å². The van der Waals surface area contributed by atoms with E-state index in [1.165, 1.54) is 19.5 Å². The van der Waals surface area contributed by atoms with Gasteiger partial charge in [0.1, 0.15) is 0 Å². The maximum absolute atomic E-state index is 11.8. The molecule has 0 radical (unpaired) electrons. The van der Waals surface area contributed by atoms with Crippen LogP contribution in [0.1, 0.15) is 18.4 Å². The van der Waals surface area contributed by atoms with Gasteiger partial charge in [-0.1, -0.05) is 0 Å². The van der Waals surface area contributed by atoms with Crippen LogP contribution in [-0.4, -0.2) is 36.2 Å². The van der Waals surface area contributed by atoms with Crippen molar-refractivity contribution >= 4 is 39.6 Å². The third kappa shape index (κ3) is 3.00. The summed E-state index contributed by atoms with van der Waals surface area (Å²) in [6.45, 7) is 2.64. The van der Waals surface area contributed by atoms with Gasteiger partial charge in [-0.25, -0.2) is 0 Å². The number of hydrogen-bond acceptors (Lipinski definition) is 2. The summed E-state index contributed by atoms with van der Waals surface area (Å²) >= 11 is 0.258. The van der Waals surface area contributed by atoms with Gasteiger partial charge < -0.3 is 0 Å². The van der Waals surface area contributed by atoms with Crippen molar-refractivity contribution in [3.63, 3.8) is 0 Å². The topological polar surface area (TPSA) is 37.4 Å². The number of rotatable bonds is 3. The van der Waals surface area contributed by atoms with Gasteiger partial charge in [0.2, 0.25) is 0 Å². The number of hydrogen-bond donors (Lipinski definition) is 0. The van der Waals surface area contributed by atoms with Gasteiger partial charge in [-0.15, -0.1) is 0 Å². The minimum atomic E-state index is -3.18. The predicted octanol–water partition coefficient (Wildman–Crippen LogP) is 1.22. The van der Waals surface area contributed by atoms with E-state index in [0.29, 0.717) is 6.54 Å². The van der Waals surface area contributed by atoms with Gasteiger partial charge in [0.25, 0.3) is 0 Å². The van der Waals surface area contributed by atoms with Crippen LogP contribution in [0.25, 0.3) is 0 Å². The number of benzene rings is 2. The van der Waals surface area contributed by atoms with Crippen molar-refractivity contribution < 1.29 is 8.42 Å². The quantitative estimate of drug-likeness (QED) is 0.767. The van der Waals surface area contributed by atoms with E-state index in [9.17, 15) is 8.42 Å². The van der Waals surface area contributed by atoms with E-state index in [2.05, 4.69) is 43.3 Å². The molecule has 2 aromatic carbocycles. The second kappa shape index (κ2) is 5.48. The molecule has 0 aliphatic carbocycles. The van der Waals surface area contributed by atoms with E-state index in [-0.39, 0.29) is 20.9 Å². The zero-order valence-electron chi connectivity index (χ0n) is 12.0. The predicted molar refractivity (Wildman–Crippen MR) is 88.5 cm³/mol. The van der Waals surface area contributed by atoms with E-state index in [4.69, 9.17) is 0 Å². The minimum absolute atomic E-state index is 0.251.